The van der Waals surface area contributed by atoms with Crippen LogP contribution in [0, 0.1) is 0 Å². The molecule has 8 heteroatoms. The molecule has 1 aromatic carbocycles. The van der Waals surface area contributed by atoms with Crippen molar-refractivity contribution in [1.29, 1.82) is 0 Å². The molecule has 1 heterocycles. The number of nitrogens with zero attached hydrogens (tertiary/aromatic N) is 2. The summed E-state index contributed by atoms with van der Waals surface area (Å²) >= 11 is 0. The molecule has 2 aromatic rings. The van der Waals surface area contributed by atoms with Crippen molar-refractivity contribution in [3.63, 3.8) is 0 Å². The van der Waals surface area contributed by atoms with E-state index in [-0.39, 0.29) is 12.4 Å². The number of benzene rings is 1. The van der Waals surface area contributed by atoms with E-state index in [0.717, 1.165) is 12.1 Å². The van der Waals surface area contributed by atoms with Gasteiger partial charge in [0.1, 0.15) is 6.73 Å². The van der Waals surface area contributed by atoms with Crippen molar-refractivity contribution in [2.45, 2.75) is 38.6 Å². The molecule has 0 amide bonds. The summed E-state index contributed by atoms with van der Waals surface area (Å²) in [6.07, 6.45) is -1.29. The van der Waals surface area contributed by atoms with Gasteiger partial charge in [-0.3, -0.25) is 0 Å². The molecule has 2 rings (SSSR count). The first-order valence-electron chi connectivity index (χ1n) is 7.63. The highest BCUT2D eigenvalue weighted by Crippen LogP contribution is 2.36. The molecule has 132 valence electrons. The van der Waals surface area contributed by atoms with Crippen molar-refractivity contribution in [3.8, 4) is 11.1 Å². The van der Waals surface area contributed by atoms with Gasteiger partial charge in [0, 0.05) is 32.1 Å². The Balaban J connectivity index is 2.05. The summed E-state index contributed by atoms with van der Waals surface area (Å²) in [5.74, 6) is 0. The zero-order chi connectivity index (χ0) is 18.0. The third-order valence-corrected chi connectivity index (χ3v) is 5.25. The Morgan fingerprint density at radius 2 is 1.92 bits per heavy atom. The van der Waals surface area contributed by atoms with Crippen LogP contribution in [0.25, 0.3) is 11.1 Å². The number of anilines is 1. The third kappa shape index (κ3) is 5.10. The van der Waals surface area contributed by atoms with Crippen molar-refractivity contribution in [3.05, 3.63) is 36.2 Å². The number of halogens is 3. The monoisotopic (exact) mass is 357 g/mol. The van der Waals surface area contributed by atoms with Gasteiger partial charge in [0.05, 0.1) is 11.8 Å². The number of ether oxygens (including phenoxy) is 1. The Bertz CT molecular complexity index is 693. The van der Waals surface area contributed by atoms with Crippen LogP contribution in [0.5, 0.6) is 0 Å². The van der Waals surface area contributed by atoms with Crippen LogP contribution < -0.4 is 5.73 Å². The molecule has 0 atom stereocenters. The molecule has 0 radical (unpaired) electrons. The van der Waals surface area contributed by atoms with Crippen LogP contribution in [0.4, 0.5) is 18.9 Å². The Morgan fingerprint density at radius 3 is 2.54 bits per heavy atom. The third-order valence-electron chi connectivity index (χ3n) is 3.55. The summed E-state index contributed by atoms with van der Waals surface area (Å²) in [6.45, 7) is 7.74. The molecule has 0 saturated heterocycles. The van der Waals surface area contributed by atoms with Crippen molar-refractivity contribution >= 4 is 13.8 Å². The van der Waals surface area contributed by atoms with Crippen LogP contribution in [-0.4, -0.2) is 24.5 Å². The highest BCUT2D eigenvalue weighted by Gasteiger charge is 2.33. The fraction of sp³-hybridized carbons (Fsp3) is 0.438. The van der Waals surface area contributed by atoms with Crippen LogP contribution in [0.3, 0.4) is 0 Å². The lowest BCUT2D eigenvalue weighted by molar-refractivity contribution is -0.136. The predicted octanol–water partition coefficient (Wildman–Crippen LogP) is 4.46. The van der Waals surface area contributed by atoms with E-state index in [1.54, 1.807) is 16.9 Å². The number of nitrogen functional groups attached to an aromatic ring is 1. The summed E-state index contributed by atoms with van der Waals surface area (Å²) in [7, 11) is -1.15. The summed E-state index contributed by atoms with van der Waals surface area (Å²) in [4.78, 5) is 0. The molecule has 0 saturated carbocycles. The average molecular weight is 357 g/mol. The van der Waals surface area contributed by atoms with Crippen LogP contribution in [0.15, 0.2) is 30.6 Å². The van der Waals surface area contributed by atoms with Gasteiger partial charge in [0.2, 0.25) is 0 Å². The van der Waals surface area contributed by atoms with Crippen LogP contribution in [0.1, 0.15) is 5.56 Å². The van der Waals surface area contributed by atoms with Crippen LogP contribution in [0.2, 0.25) is 25.7 Å². The summed E-state index contributed by atoms with van der Waals surface area (Å²) in [5, 5.41) is 4.13. The molecule has 0 fully saturated rings. The lowest BCUT2D eigenvalue weighted by Gasteiger charge is -2.15. The van der Waals surface area contributed by atoms with E-state index >= 15 is 0 Å². The molecule has 1 aromatic heterocycles. The molecule has 0 aliphatic heterocycles. The largest absolute Gasteiger partial charge is 0.418 e. The van der Waals surface area contributed by atoms with Gasteiger partial charge in [0.15, 0.2) is 0 Å². The average Bonchev–Trinajstić information content (AvgIpc) is 2.91. The van der Waals surface area contributed by atoms with Crippen molar-refractivity contribution in [2.24, 2.45) is 0 Å². The summed E-state index contributed by atoms with van der Waals surface area (Å²) in [5.41, 5.74) is 5.31. The molecule has 0 aliphatic carbocycles. The highest BCUT2D eigenvalue weighted by molar-refractivity contribution is 6.76. The Morgan fingerprint density at radius 1 is 1.21 bits per heavy atom. The number of nitrogens with two attached hydrogens (primary N) is 1. The predicted molar refractivity (Wildman–Crippen MR) is 91.2 cm³/mol. The lowest BCUT2D eigenvalue weighted by Crippen LogP contribution is -2.22. The standard InChI is InChI=1S/C16H22F3N3OSi/c1-24(2,3)7-6-23-11-22-10-13(9-21-22)12-4-5-15(20)14(8-12)16(17,18)19/h4-5,8-10H,6-7,11,20H2,1-3H3. The summed E-state index contributed by atoms with van der Waals surface area (Å²) < 4.78 is 46.0. The van der Waals surface area contributed by atoms with Crippen molar-refractivity contribution in [2.75, 3.05) is 12.3 Å². The molecular formula is C16H22F3N3OSi. The van der Waals surface area contributed by atoms with E-state index in [1.165, 1.54) is 12.3 Å². The van der Waals surface area contributed by atoms with Crippen molar-refractivity contribution < 1.29 is 17.9 Å². The van der Waals surface area contributed by atoms with E-state index in [2.05, 4.69) is 24.7 Å². The number of aromatic nitrogens is 2. The van der Waals surface area contributed by atoms with E-state index in [9.17, 15) is 13.2 Å². The van der Waals surface area contributed by atoms with Gasteiger partial charge in [-0.1, -0.05) is 25.7 Å². The highest BCUT2D eigenvalue weighted by atomic mass is 28.3. The Labute approximate surface area is 140 Å². The molecule has 0 bridgehead atoms. The first-order valence-corrected chi connectivity index (χ1v) is 11.3. The Kier molecular flexibility index (Phi) is 5.39. The molecular weight excluding hydrogens is 335 g/mol. The quantitative estimate of drug-likeness (QED) is 0.472. The number of hydrogen-bond donors (Lipinski definition) is 1. The fourth-order valence-corrected chi connectivity index (χ4v) is 2.86. The SMILES string of the molecule is C[Si](C)(C)CCOCn1cc(-c2ccc(N)c(C(F)(F)F)c2)cn1. The molecule has 0 aliphatic rings. The first-order chi connectivity index (χ1) is 11.1. The van der Waals surface area contributed by atoms with Gasteiger partial charge < -0.3 is 10.5 Å². The second kappa shape index (κ2) is 6.98. The van der Waals surface area contributed by atoms with Gasteiger partial charge >= 0.3 is 6.18 Å². The smallest absolute Gasteiger partial charge is 0.398 e. The maximum Gasteiger partial charge on any atom is 0.418 e. The van der Waals surface area contributed by atoms with Crippen LogP contribution in [-0.2, 0) is 17.6 Å². The van der Waals surface area contributed by atoms with E-state index in [1.807, 2.05) is 0 Å². The molecule has 2 N–H and O–H groups in total. The minimum Gasteiger partial charge on any atom is -0.398 e. The lowest BCUT2D eigenvalue weighted by atomic mass is 10.0. The van der Waals surface area contributed by atoms with Gasteiger partial charge in [-0.15, -0.1) is 0 Å². The van der Waals surface area contributed by atoms with Gasteiger partial charge in [0.25, 0.3) is 0 Å². The first kappa shape index (κ1) is 18.5. The number of hydrogen-bond acceptors (Lipinski definition) is 3. The zero-order valence-electron chi connectivity index (χ0n) is 14.0. The van der Waals surface area contributed by atoms with Crippen molar-refractivity contribution in [1.82, 2.24) is 9.78 Å². The molecule has 0 unspecified atom stereocenters. The van der Waals surface area contributed by atoms with Gasteiger partial charge in [-0.05, 0) is 23.7 Å². The normalized spacial score (nSPS) is 12.6. The minimum absolute atomic E-state index is 0.283. The second-order valence-electron chi connectivity index (χ2n) is 6.92. The summed E-state index contributed by atoms with van der Waals surface area (Å²) in [6, 6.07) is 4.91. The minimum atomic E-state index is -4.48. The zero-order valence-corrected chi connectivity index (χ0v) is 15.0. The van der Waals surface area contributed by atoms with Crippen LogP contribution >= 0.6 is 0 Å². The molecule has 0 spiro atoms. The van der Waals surface area contributed by atoms with E-state index in [0.29, 0.717) is 17.7 Å². The maximum atomic E-state index is 12.9. The van der Waals surface area contributed by atoms with Gasteiger partial charge in [-0.2, -0.15) is 18.3 Å². The van der Waals surface area contributed by atoms with E-state index < -0.39 is 19.8 Å². The number of alkyl halides is 3. The van der Waals surface area contributed by atoms with E-state index in [4.69, 9.17) is 10.5 Å². The topological polar surface area (TPSA) is 53.1 Å². The Hall–Kier alpha value is -1.80. The second-order valence-corrected chi connectivity index (χ2v) is 12.5. The maximum absolute atomic E-state index is 12.9. The van der Waals surface area contributed by atoms with Gasteiger partial charge in [-0.25, -0.2) is 4.68 Å². The molecule has 4 nitrogen and oxygen atoms in total. The molecule has 24 heavy (non-hydrogen) atoms. The fourth-order valence-electron chi connectivity index (χ4n) is 2.10. The number of rotatable bonds is 6.